The number of amides is 3. The first-order valence-electron chi connectivity index (χ1n) is 7.86. The summed E-state index contributed by atoms with van der Waals surface area (Å²) in [6, 6.07) is 10.6. The van der Waals surface area contributed by atoms with E-state index in [2.05, 4.69) is 15.7 Å². The van der Waals surface area contributed by atoms with Gasteiger partial charge in [0.15, 0.2) is 5.69 Å². The summed E-state index contributed by atoms with van der Waals surface area (Å²) in [4.78, 5) is 37.0. The molecule has 0 saturated carbocycles. The number of aromatic nitrogens is 2. The molecule has 0 atom stereocenters. The van der Waals surface area contributed by atoms with Crippen LogP contribution < -0.4 is 10.6 Å². The van der Waals surface area contributed by atoms with Gasteiger partial charge in [-0.2, -0.15) is 5.10 Å². The second kappa shape index (κ2) is 8.09. The predicted octanol–water partition coefficient (Wildman–Crippen LogP) is 1.04. The summed E-state index contributed by atoms with van der Waals surface area (Å²) in [5.41, 5.74) is 0.819. The van der Waals surface area contributed by atoms with E-state index in [4.69, 9.17) is 0 Å². The first kappa shape index (κ1) is 18.2. The number of likely N-dealkylation sites (N-methyl/N-ethyl adjacent to an activating group) is 1. The number of hydrogen-bond acceptors (Lipinski definition) is 4. The van der Waals surface area contributed by atoms with Crippen molar-refractivity contribution in [2.75, 3.05) is 26.0 Å². The molecule has 8 heteroatoms. The van der Waals surface area contributed by atoms with E-state index in [-0.39, 0.29) is 24.1 Å². The second-order valence-electron chi connectivity index (χ2n) is 5.53. The van der Waals surface area contributed by atoms with Crippen LogP contribution in [0.25, 0.3) is 5.69 Å². The molecule has 0 aliphatic carbocycles. The summed E-state index contributed by atoms with van der Waals surface area (Å²) in [5.74, 6) is -0.513. The largest absolute Gasteiger partial charge is 0.347 e. The van der Waals surface area contributed by atoms with Gasteiger partial charge in [0, 0.05) is 26.6 Å². The van der Waals surface area contributed by atoms with E-state index in [1.807, 2.05) is 30.3 Å². The Morgan fingerprint density at radius 2 is 1.84 bits per heavy atom. The molecule has 3 amide bonds. The number of benzene rings is 1. The molecule has 132 valence electrons. The number of para-hydroxylation sites is 1. The lowest BCUT2D eigenvalue weighted by molar-refractivity contribution is -0.127. The first-order chi connectivity index (χ1) is 11.9. The number of nitrogens with zero attached hydrogens (tertiary/aromatic N) is 3. The van der Waals surface area contributed by atoms with Gasteiger partial charge >= 0.3 is 0 Å². The molecule has 2 rings (SSSR count). The standard InChI is InChI=1S/C17H21N5O3/c1-4-15(23)19-14-10-13(17(25)18-11-16(24)21(2)3)20-22(14)12-8-6-5-7-9-12/h5-10H,4,11H2,1-3H3,(H,18,25)(H,19,23). The normalized spacial score (nSPS) is 10.2. The summed E-state index contributed by atoms with van der Waals surface area (Å²) >= 11 is 0. The maximum Gasteiger partial charge on any atom is 0.272 e. The van der Waals surface area contributed by atoms with Gasteiger partial charge < -0.3 is 15.5 Å². The third-order valence-electron chi connectivity index (χ3n) is 3.43. The number of carbonyl (C=O) groups is 3. The highest BCUT2D eigenvalue weighted by Gasteiger charge is 2.17. The Balaban J connectivity index is 2.26. The molecule has 0 bridgehead atoms. The molecule has 2 N–H and O–H groups in total. The SMILES string of the molecule is CCC(=O)Nc1cc(C(=O)NCC(=O)N(C)C)nn1-c1ccccc1. The van der Waals surface area contributed by atoms with Gasteiger partial charge in [-0.1, -0.05) is 25.1 Å². The minimum Gasteiger partial charge on any atom is -0.347 e. The first-order valence-corrected chi connectivity index (χ1v) is 7.86. The number of rotatable bonds is 6. The molecular weight excluding hydrogens is 322 g/mol. The molecule has 0 aliphatic heterocycles. The van der Waals surface area contributed by atoms with Crippen LogP contribution in [0.4, 0.5) is 5.82 Å². The third kappa shape index (κ3) is 4.66. The van der Waals surface area contributed by atoms with Crippen LogP contribution in [0.2, 0.25) is 0 Å². The van der Waals surface area contributed by atoms with Gasteiger partial charge in [0.1, 0.15) is 5.82 Å². The quantitative estimate of drug-likeness (QED) is 0.819. The van der Waals surface area contributed by atoms with Crippen LogP contribution in [0.1, 0.15) is 23.8 Å². The van der Waals surface area contributed by atoms with Crippen LogP contribution in [0.3, 0.4) is 0 Å². The number of hydrogen-bond donors (Lipinski definition) is 2. The fraction of sp³-hybridized carbons (Fsp3) is 0.294. The van der Waals surface area contributed by atoms with E-state index in [1.165, 1.54) is 15.6 Å². The molecule has 1 aromatic carbocycles. The van der Waals surface area contributed by atoms with Gasteiger partial charge in [-0.25, -0.2) is 4.68 Å². The molecule has 0 fully saturated rings. The molecule has 0 unspecified atom stereocenters. The summed E-state index contributed by atoms with van der Waals surface area (Å²) in [5, 5.41) is 9.50. The van der Waals surface area contributed by atoms with Crippen LogP contribution in [-0.2, 0) is 9.59 Å². The summed E-state index contributed by atoms with van der Waals surface area (Å²) in [6.07, 6.45) is 0.304. The zero-order valence-electron chi connectivity index (χ0n) is 14.4. The van der Waals surface area contributed by atoms with Crippen molar-refractivity contribution in [3.05, 3.63) is 42.1 Å². The lowest BCUT2D eigenvalue weighted by atomic mass is 10.3. The molecule has 2 aromatic rings. The average Bonchev–Trinajstić information content (AvgIpc) is 3.03. The van der Waals surface area contributed by atoms with Crippen molar-refractivity contribution in [1.82, 2.24) is 20.0 Å². The molecule has 0 saturated heterocycles. The maximum absolute atomic E-state index is 12.3. The molecule has 1 aromatic heterocycles. The van der Waals surface area contributed by atoms with Gasteiger partial charge in [-0.05, 0) is 12.1 Å². The Morgan fingerprint density at radius 1 is 1.16 bits per heavy atom. The van der Waals surface area contributed by atoms with Crippen molar-refractivity contribution >= 4 is 23.5 Å². The van der Waals surface area contributed by atoms with Crippen molar-refractivity contribution in [3.8, 4) is 5.69 Å². The lowest BCUT2D eigenvalue weighted by Crippen LogP contribution is -2.36. The number of nitrogens with one attached hydrogen (secondary N) is 2. The van der Waals surface area contributed by atoms with Gasteiger partial charge in [-0.15, -0.1) is 0 Å². The second-order valence-corrected chi connectivity index (χ2v) is 5.53. The molecular formula is C17H21N5O3. The van der Waals surface area contributed by atoms with Gasteiger partial charge in [0.05, 0.1) is 12.2 Å². The zero-order chi connectivity index (χ0) is 18.4. The highest BCUT2D eigenvalue weighted by molar-refractivity contribution is 5.97. The summed E-state index contributed by atoms with van der Waals surface area (Å²) in [7, 11) is 3.22. The number of carbonyl (C=O) groups excluding carboxylic acids is 3. The lowest BCUT2D eigenvalue weighted by Gasteiger charge is -2.10. The molecule has 0 spiro atoms. The van der Waals surface area contributed by atoms with Gasteiger partial charge in [0.2, 0.25) is 11.8 Å². The van der Waals surface area contributed by atoms with Crippen LogP contribution in [0.15, 0.2) is 36.4 Å². The van der Waals surface area contributed by atoms with E-state index in [0.717, 1.165) is 0 Å². The zero-order valence-corrected chi connectivity index (χ0v) is 14.4. The third-order valence-corrected chi connectivity index (χ3v) is 3.43. The van der Waals surface area contributed by atoms with E-state index in [0.29, 0.717) is 17.9 Å². The molecule has 0 radical (unpaired) electrons. The van der Waals surface area contributed by atoms with Crippen molar-refractivity contribution < 1.29 is 14.4 Å². The van der Waals surface area contributed by atoms with Crippen LogP contribution >= 0.6 is 0 Å². The highest BCUT2D eigenvalue weighted by Crippen LogP contribution is 2.17. The Bertz CT molecular complexity index is 768. The molecule has 0 aliphatic rings. The van der Waals surface area contributed by atoms with Crippen LogP contribution in [0.5, 0.6) is 0 Å². The fourth-order valence-corrected chi connectivity index (χ4v) is 1.98. The van der Waals surface area contributed by atoms with Crippen molar-refractivity contribution in [1.29, 1.82) is 0 Å². The van der Waals surface area contributed by atoms with Crippen LogP contribution in [0, 0.1) is 0 Å². The topological polar surface area (TPSA) is 96.3 Å². The molecule has 25 heavy (non-hydrogen) atoms. The average molecular weight is 343 g/mol. The fourth-order valence-electron chi connectivity index (χ4n) is 1.98. The van der Waals surface area contributed by atoms with Crippen molar-refractivity contribution in [2.24, 2.45) is 0 Å². The van der Waals surface area contributed by atoms with Gasteiger partial charge in [-0.3, -0.25) is 14.4 Å². The highest BCUT2D eigenvalue weighted by atomic mass is 16.2. The van der Waals surface area contributed by atoms with Crippen LogP contribution in [-0.4, -0.2) is 53.0 Å². The Morgan fingerprint density at radius 3 is 2.44 bits per heavy atom. The van der Waals surface area contributed by atoms with E-state index >= 15 is 0 Å². The Hall–Kier alpha value is -3.16. The van der Waals surface area contributed by atoms with Gasteiger partial charge in [0.25, 0.3) is 5.91 Å². The summed E-state index contributed by atoms with van der Waals surface area (Å²) < 4.78 is 1.48. The summed E-state index contributed by atoms with van der Waals surface area (Å²) in [6.45, 7) is 1.61. The monoisotopic (exact) mass is 343 g/mol. The minimum absolute atomic E-state index is 0.113. The predicted molar refractivity (Wildman–Crippen MR) is 93.5 cm³/mol. The van der Waals surface area contributed by atoms with Crippen molar-refractivity contribution in [2.45, 2.75) is 13.3 Å². The Kier molecular flexibility index (Phi) is 5.89. The maximum atomic E-state index is 12.3. The Labute approximate surface area is 145 Å². The smallest absolute Gasteiger partial charge is 0.272 e. The van der Waals surface area contributed by atoms with E-state index in [1.54, 1.807) is 21.0 Å². The molecule has 8 nitrogen and oxygen atoms in total. The van der Waals surface area contributed by atoms with E-state index in [9.17, 15) is 14.4 Å². The van der Waals surface area contributed by atoms with Crippen molar-refractivity contribution in [3.63, 3.8) is 0 Å². The van der Waals surface area contributed by atoms with E-state index < -0.39 is 5.91 Å². The number of anilines is 1. The minimum atomic E-state index is -0.489. The molecule has 1 heterocycles.